The smallest absolute Gasteiger partial charge is 0.410 e. The van der Waals surface area contributed by atoms with Crippen LogP contribution in [0.25, 0.3) is 0 Å². The standard InChI is InChI=1S/C19H27NO4/c1-13(17(21)23-5)10-14-6-7-15-8-9-20(12-16(15)11-14)18(22)24-19(2,3)4/h6-7,11,13H,8-10,12H2,1-5H3/t13-/m0/s1. The number of amides is 1. The summed E-state index contributed by atoms with van der Waals surface area (Å²) >= 11 is 0. The predicted octanol–water partition coefficient (Wildman–Crippen LogP) is 3.33. The number of hydrogen-bond acceptors (Lipinski definition) is 4. The summed E-state index contributed by atoms with van der Waals surface area (Å²) in [5.41, 5.74) is 2.97. The van der Waals surface area contributed by atoms with Crippen LogP contribution in [0, 0.1) is 5.92 Å². The minimum absolute atomic E-state index is 0.182. The summed E-state index contributed by atoms with van der Waals surface area (Å²) in [4.78, 5) is 25.6. The molecule has 0 bridgehead atoms. The van der Waals surface area contributed by atoms with Crippen molar-refractivity contribution in [2.24, 2.45) is 5.92 Å². The van der Waals surface area contributed by atoms with Crippen LogP contribution in [0.1, 0.15) is 44.4 Å². The zero-order valence-corrected chi connectivity index (χ0v) is 15.2. The Morgan fingerprint density at radius 3 is 2.58 bits per heavy atom. The largest absolute Gasteiger partial charge is 0.469 e. The fraction of sp³-hybridized carbons (Fsp3) is 0.579. The predicted molar refractivity (Wildman–Crippen MR) is 91.7 cm³/mol. The van der Waals surface area contributed by atoms with E-state index in [-0.39, 0.29) is 18.0 Å². The Bertz CT molecular complexity index is 618. The Labute approximate surface area is 143 Å². The molecule has 1 aliphatic rings. The van der Waals surface area contributed by atoms with E-state index in [2.05, 4.69) is 18.2 Å². The third-order valence-electron chi connectivity index (χ3n) is 4.08. The Kier molecular flexibility index (Phi) is 5.52. The fourth-order valence-electron chi connectivity index (χ4n) is 2.86. The van der Waals surface area contributed by atoms with Crippen molar-refractivity contribution in [2.75, 3.05) is 13.7 Å². The first-order valence-corrected chi connectivity index (χ1v) is 8.36. The highest BCUT2D eigenvalue weighted by Gasteiger charge is 2.26. The second-order valence-corrected chi connectivity index (χ2v) is 7.38. The van der Waals surface area contributed by atoms with E-state index in [1.807, 2.05) is 27.7 Å². The van der Waals surface area contributed by atoms with E-state index >= 15 is 0 Å². The van der Waals surface area contributed by atoms with Gasteiger partial charge >= 0.3 is 12.1 Å². The van der Waals surface area contributed by atoms with Crippen molar-refractivity contribution < 1.29 is 19.1 Å². The summed E-state index contributed by atoms with van der Waals surface area (Å²) in [5, 5.41) is 0. The van der Waals surface area contributed by atoms with Gasteiger partial charge in [-0.25, -0.2) is 4.79 Å². The number of hydrogen-bond donors (Lipinski definition) is 0. The molecule has 1 aromatic rings. The zero-order valence-electron chi connectivity index (χ0n) is 15.2. The zero-order chi connectivity index (χ0) is 17.9. The molecule has 0 unspecified atom stereocenters. The number of nitrogens with zero attached hydrogens (tertiary/aromatic N) is 1. The van der Waals surface area contributed by atoms with Crippen LogP contribution < -0.4 is 0 Å². The van der Waals surface area contributed by atoms with Crippen LogP contribution in [-0.2, 0) is 33.7 Å². The maximum Gasteiger partial charge on any atom is 0.410 e. The van der Waals surface area contributed by atoms with E-state index in [4.69, 9.17) is 9.47 Å². The highest BCUT2D eigenvalue weighted by Crippen LogP contribution is 2.23. The van der Waals surface area contributed by atoms with Crippen molar-refractivity contribution in [3.63, 3.8) is 0 Å². The molecule has 0 aromatic heterocycles. The molecule has 5 heteroatoms. The van der Waals surface area contributed by atoms with Crippen molar-refractivity contribution >= 4 is 12.1 Å². The molecule has 1 aromatic carbocycles. The molecule has 1 heterocycles. The van der Waals surface area contributed by atoms with Gasteiger partial charge in [0.2, 0.25) is 0 Å². The van der Waals surface area contributed by atoms with Crippen molar-refractivity contribution in [1.29, 1.82) is 0 Å². The van der Waals surface area contributed by atoms with Gasteiger partial charge in [0.25, 0.3) is 0 Å². The molecule has 5 nitrogen and oxygen atoms in total. The van der Waals surface area contributed by atoms with E-state index in [0.717, 1.165) is 17.5 Å². The van der Waals surface area contributed by atoms with Gasteiger partial charge in [0, 0.05) is 13.1 Å². The Balaban J connectivity index is 2.08. The van der Waals surface area contributed by atoms with Crippen LogP contribution in [0.5, 0.6) is 0 Å². The summed E-state index contributed by atoms with van der Waals surface area (Å²) in [6.45, 7) is 8.68. The number of carbonyl (C=O) groups excluding carboxylic acids is 2. The van der Waals surface area contributed by atoms with E-state index in [1.165, 1.54) is 12.7 Å². The molecule has 132 valence electrons. The van der Waals surface area contributed by atoms with Crippen LogP contribution in [-0.4, -0.2) is 36.2 Å². The number of carbonyl (C=O) groups is 2. The highest BCUT2D eigenvalue weighted by molar-refractivity contribution is 5.72. The van der Waals surface area contributed by atoms with Crippen LogP contribution in [0.2, 0.25) is 0 Å². The molecule has 0 radical (unpaired) electrons. The van der Waals surface area contributed by atoms with Crippen molar-refractivity contribution in [2.45, 2.75) is 52.7 Å². The lowest BCUT2D eigenvalue weighted by molar-refractivity contribution is -0.144. The molecule has 0 fully saturated rings. The fourth-order valence-corrected chi connectivity index (χ4v) is 2.86. The van der Waals surface area contributed by atoms with E-state index in [9.17, 15) is 9.59 Å². The third kappa shape index (κ3) is 4.73. The Morgan fingerprint density at radius 2 is 1.96 bits per heavy atom. The molecule has 2 rings (SSSR count). The van der Waals surface area contributed by atoms with Gasteiger partial charge < -0.3 is 14.4 Å². The second kappa shape index (κ2) is 7.24. The molecule has 24 heavy (non-hydrogen) atoms. The first-order valence-electron chi connectivity index (χ1n) is 8.36. The van der Waals surface area contributed by atoms with Gasteiger partial charge in [-0.2, -0.15) is 0 Å². The summed E-state index contributed by atoms with van der Waals surface area (Å²) < 4.78 is 10.2. The van der Waals surface area contributed by atoms with Crippen molar-refractivity contribution in [3.8, 4) is 0 Å². The van der Waals surface area contributed by atoms with Gasteiger partial charge in [-0.3, -0.25) is 4.79 Å². The van der Waals surface area contributed by atoms with Crippen LogP contribution in [0.3, 0.4) is 0 Å². The molecule has 0 aliphatic carbocycles. The third-order valence-corrected chi connectivity index (χ3v) is 4.08. The number of methoxy groups -OCH3 is 1. The average molecular weight is 333 g/mol. The Morgan fingerprint density at radius 1 is 1.25 bits per heavy atom. The number of ether oxygens (including phenoxy) is 2. The number of benzene rings is 1. The monoisotopic (exact) mass is 333 g/mol. The van der Waals surface area contributed by atoms with Crippen LogP contribution in [0.15, 0.2) is 18.2 Å². The average Bonchev–Trinajstić information content (AvgIpc) is 2.51. The summed E-state index contributed by atoms with van der Waals surface area (Å²) in [7, 11) is 1.41. The molecule has 0 N–H and O–H groups in total. The Hall–Kier alpha value is -2.04. The van der Waals surface area contributed by atoms with Gasteiger partial charge in [0.1, 0.15) is 5.60 Å². The summed E-state index contributed by atoms with van der Waals surface area (Å²) in [5.74, 6) is -0.387. The van der Waals surface area contributed by atoms with E-state index in [0.29, 0.717) is 19.5 Å². The van der Waals surface area contributed by atoms with Gasteiger partial charge in [-0.1, -0.05) is 25.1 Å². The maximum atomic E-state index is 12.3. The lowest BCUT2D eigenvalue weighted by atomic mass is 9.94. The summed E-state index contributed by atoms with van der Waals surface area (Å²) in [6.07, 6.45) is 1.18. The van der Waals surface area contributed by atoms with Crippen molar-refractivity contribution in [3.05, 3.63) is 34.9 Å². The SMILES string of the molecule is COC(=O)[C@@H](C)Cc1ccc2c(c1)CN(C(=O)OC(C)(C)C)CC2. The first kappa shape index (κ1) is 18.3. The molecule has 0 spiro atoms. The minimum Gasteiger partial charge on any atom is -0.469 e. The first-order chi connectivity index (χ1) is 11.2. The quantitative estimate of drug-likeness (QED) is 0.796. The number of rotatable bonds is 3. The number of esters is 1. The summed E-state index contributed by atoms with van der Waals surface area (Å²) in [6, 6.07) is 6.24. The minimum atomic E-state index is -0.491. The van der Waals surface area contributed by atoms with Gasteiger partial charge in [0.15, 0.2) is 0 Å². The van der Waals surface area contributed by atoms with E-state index < -0.39 is 5.60 Å². The molecule has 0 saturated heterocycles. The normalized spacial score (nSPS) is 15.5. The van der Waals surface area contributed by atoms with Gasteiger partial charge in [0.05, 0.1) is 13.0 Å². The topological polar surface area (TPSA) is 55.8 Å². The molecule has 0 saturated carbocycles. The second-order valence-electron chi connectivity index (χ2n) is 7.38. The van der Waals surface area contributed by atoms with Crippen LogP contribution >= 0.6 is 0 Å². The highest BCUT2D eigenvalue weighted by atomic mass is 16.6. The lowest BCUT2D eigenvalue weighted by Gasteiger charge is -2.31. The lowest BCUT2D eigenvalue weighted by Crippen LogP contribution is -2.39. The van der Waals surface area contributed by atoms with Crippen molar-refractivity contribution in [1.82, 2.24) is 4.90 Å². The molecule has 1 aliphatic heterocycles. The van der Waals surface area contributed by atoms with Crippen LogP contribution in [0.4, 0.5) is 4.79 Å². The molecule has 1 atom stereocenters. The molecular formula is C19H27NO4. The number of fused-ring (bicyclic) bond motifs is 1. The van der Waals surface area contributed by atoms with Gasteiger partial charge in [-0.05, 0) is 50.3 Å². The molecule has 1 amide bonds. The van der Waals surface area contributed by atoms with Gasteiger partial charge in [-0.15, -0.1) is 0 Å². The maximum absolute atomic E-state index is 12.3. The van der Waals surface area contributed by atoms with E-state index in [1.54, 1.807) is 4.90 Å². The molecular weight excluding hydrogens is 306 g/mol.